The smallest absolute Gasteiger partial charge is 0.340 e. The molecule has 3 aromatic rings. The summed E-state index contributed by atoms with van der Waals surface area (Å²) in [4.78, 5) is 15.1. The van der Waals surface area contributed by atoms with E-state index >= 15 is 0 Å². The number of carbonyl (C=O) groups is 1. The molecule has 0 saturated carbocycles. The molecule has 1 aromatic carbocycles. The molecule has 8 heteroatoms. The van der Waals surface area contributed by atoms with Crippen molar-refractivity contribution in [3.63, 3.8) is 0 Å². The zero-order valence-corrected chi connectivity index (χ0v) is 11.3. The first-order valence-corrected chi connectivity index (χ1v) is 5.66. The van der Waals surface area contributed by atoms with Gasteiger partial charge in [-0.3, -0.25) is 4.98 Å². The lowest BCUT2D eigenvalue weighted by molar-refractivity contribution is 0.248. The molecule has 2 aromatic heterocycles. The normalized spacial score (nSPS) is 10.4. The monoisotopic (exact) mass is 310 g/mol. The van der Waals surface area contributed by atoms with Crippen LogP contribution in [0.2, 0.25) is 0 Å². The molecule has 108 valence electrons. The Morgan fingerprint density at radius 3 is 2.71 bits per heavy atom. The topological polar surface area (TPSA) is 73.8 Å². The number of fused-ring (bicyclic) bond motifs is 1. The third-order valence-electron chi connectivity index (χ3n) is 2.89. The lowest BCUT2D eigenvalue weighted by Gasteiger charge is -2.03. The van der Waals surface area contributed by atoms with Crippen LogP contribution in [0.5, 0.6) is 0 Å². The molecule has 0 aliphatic carbocycles. The summed E-state index contributed by atoms with van der Waals surface area (Å²) in [5, 5.41) is 4.36. The third-order valence-corrected chi connectivity index (χ3v) is 2.89. The maximum atomic E-state index is 13.7. The summed E-state index contributed by atoms with van der Waals surface area (Å²) in [6, 6.07) is 4.62. The molecular weight excluding hydrogens is 302 g/mol. The number of benzene rings is 1. The summed E-state index contributed by atoms with van der Waals surface area (Å²) in [5.74, 6) is -1.92. The Balaban J connectivity index is 0.00000161. The largest absolute Gasteiger partial charge is 0.350 e. The highest BCUT2D eigenvalue weighted by Crippen LogP contribution is 2.25. The van der Waals surface area contributed by atoms with E-state index in [1.165, 1.54) is 30.6 Å². The zero-order chi connectivity index (χ0) is 14.3. The van der Waals surface area contributed by atoms with Gasteiger partial charge in [0.05, 0.1) is 23.6 Å². The molecule has 5 nitrogen and oxygen atoms in total. The van der Waals surface area contributed by atoms with Crippen LogP contribution in [-0.4, -0.2) is 20.8 Å². The van der Waals surface area contributed by atoms with E-state index in [1.54, 1.807) is 0 Å². The number of hydrogen-bond acceptors (Lipinski definition) is 3. The third kappa shape index (κ3) is 2.43. The van der Waals surface area contributed by atoms with Gasteiger partial charge in [0.2, 0.25) is 0 Å². The molecule has 2 heterocycles. The number of primary amides is 1. The Morgan fingerprint density at radius 1 is 1.24 bits per heavy atom. The molecule has 0 fully saturated rings. The average molecular weight is 311 g/mol. The Kier molecular flexibility index (Phi) is 3.86. The second kappa shape index (κ2) is 5.45. The molecule has 0 radical (unpaired) electrons. The highest BCUT2D eigenvalue weighted by molar-refractivity contribution is 5.90. The van der Waals surface area contributed by atoms with Gasteiger partial charge in [0.1, 0.15) is 0 Å². The lowest BCUT2D eigenvalue weighted by Crippen LogP contribution is -2.20. The van der Waals surface area contributed by atoms with Crippen molar-refractivity contribution in [1.29, 1.82) is 0 Å². The molecule has 21 heavy (non-hydrogen) atoms. The van der Waals surface area contributed by atoms with Crippen molar-refractivity contribution in [2.24, 2.45) is 5.73 Å². The van der Waals surface area contributed by atoms with Crippen LogP contribution in [0.3, 0.4) is 0 Å². The van der Waals surface area contributed by atoms with Crippen molar-refractivity contribution in [2.75, 3.05) is 0 Å². The number of pyridine rings is 1. The van der Waals surface area contributed by atoms with Gasteiger partial charge in [0.25, 0.3) is 0 Å². The minimum Gasteiger partial charge on any atom is -0.350 e. The van der Waals surface area contributed by atoms with Gasteiger partial charge in [-0.2, -0.15) is 9.78 Å². The summed E-state index contributed by atoms with van der Waals surface area (Å²) < 4.78 is 27.9. The molecule has 0 aliphatic heterocycles. The van der Waals surface area contributed by atoms with Gasteiger partial charge in [-0.15, -0.1) is 12.4 Å². The van der Waals surface area contributed by atoms with Crippen LogP contribution in [-0.2, 0) is 0 Å². The Hall–Kier alpha value is -2.54. The van der Waals surface area contributed by atoms with Gasteiger partial charge in [-0.1, -0.05) is 6.07 Å². The van der Waals surface area contributed by atoms with Gasteiger partial charge in [-0.05, 0) is 18.2 Å². The highest BCUT2D eigenvalue weighted by atomic mass is 35.5. The van der Waals surface area contributed by atoms with Crippen LogP contribution in [0.1, 0.15) is 0 Å². The van der Waals surface area contributed by atoms with E-state index in [1.807, 2.05) is 0 Å². The molecule has 0 aliphatic rings. The van der Waals surface area contributed by atoms with Crippen molar-refractivity contribution in [1.82, 2.24) is 14.8 Å². The van der Waals surface area contributed by atoms with Crippen molar-refractivity contribution in [3.8, 4) is 11.3 Å². The van der Waals surface area contributed by atoms with E-state index in [2.05, 4.69) is 10.1 Å². The number of aromatic nitrogens is 3. The molecular formula is C13H9ClF2N4O. The zero-order valence-electron chi connectivity index (χ0n) is 10.5. The van der Waals surface area contributed by atoms with Gasteiger partial charge in [-0.25, -0.2) is 13.6 Å². The van der Waals surface area contributed by atoms with E-state index in [0.717, 1.165) is 10.7 Å². The van der Waals surface area contributed by atoms with Crippen LogP contribution < -0.4 is 5.73 Å². The number of amides is 1. The van der Waals surface area contributed by atoms with Gasteiger partial charge >= 0.3 is 6.03 Å². The van der Waals surface area contributed by atoms with E-state index in [9.17, 15) is 13.6 Å². The second-order valence-electron chi connectivity index (χ2n) is 4.12. The van der Waals surface area contributed by atoms with Crippen LogP contribution in [0, 0.1) is 11.6 Å². The van der Waals surface area contributed by atoms with Crippen molar-refractivity contribution >= 4 is 29.3 Å². The molecule has 1 amide bonds. The number of rotatable bonds is 1. The minimum atomic E-state index is -0.971. The summed E-state index contributed by atoms with van der Waals surface area (Å²) in [7, 11) is 0. The average Bonchev–Trinajstić information content (AvgIpc) is 2.85. The Labute approximate surface area is 123 Å². The predicted molar refractivity (Wildman–Crippen MR) is 75.1 cm³/mol. The van der Waals surface area contributed by atoms with Gasteiger partial charge in [0.15, 0.2) is 11.6 Å². The number of nitrogens with two attached hydrogens (primary N) is 1. The van der Waals surface area contributed by atoms with Crippen LogP contribution in [0.4, 0.5) is 13.6 Å². The molecule has 0 saturated heterocycles. The fourth-order valence-electron chi connectivity index (χ4n) is 1.95. The molecule has 2 N–H and O–H groups in total. The highest BCUT2D eigenvalue weighted by Gasteiger charge is 2.13. The number of halogens is 3. The number of nitrogens with zero attached hydrogens (tertiary/aromatic N) is 3. The van der Waals surface area contributed by atoms with E-state index in [0.29, 0.717) is 10.9 Å². The van der Waals surface area contributed by atoms with E-state index < -0.39 is 17.7 Å². The molecule has 0 atom stereocenters. The lowest BCUT2D eigenvalue weighted by atomic mass is 10.1. The van der Waals surface area contributed by atoms with E-state index in [-0.39, 0.29) is 23.7 Å². The summed E-state index contributed by atoms with van der Waals surface area (Å²) in [6.07, 6.45) is 2.75. The molecule has 3 rings (SSSR count). The first kappa shape index (κ1) is 14.9. The minimum absolute atomic E-state index is 0. The fraction of sp³-hybridized carbons (Fsp3) is 0. The van der Waals surface area contributed by atoms with Crippen LogP contribution >= 0.6 is 12.4 Å². The standard InChI is InChI=1S/C13H8F2N4O.ClH/c14-9-3-1-2-8(12(9)15)10-4-7-5-18-19(13(16)20)11(7)6-17-10;/h1-6H,(H2,16,20);1H. The van der Waals surface area contributed by atoms with Crippen molar-refractivity contribution < 1.29 is 13.6 Å². The number of carbonyl (C=O) groups excluding carboxylic acids is 1. The maximum Gasteiger partial charge on any atom is 0.340 e. The molecule has 0 unspecified atom stereocenters. The van der Waals surface area contributed by atoms with Crippen molar-refractivity contribution in [3.05, 3.63) is 48.3 Å². The SMILES string of the molecule is Cl.NC(=O)n1ncc2cc(-c3cccc(F)c3F)ncc21. The first-order valence-electron chi connectivity index (χ1n) is 5.66. The molecule has 0 spiro atoms. The predicted octanol–water partition coefficient (Wildman–Crippen LogP) is 2.73. The quantitative estimate of drug-likeness (QED) is 0.751. The summed E-state index contributed by atoms with van der Waals surface area (Å²) in [6.45, 7) is 0. The maximum absolute atomic E-state index is 13.7. The van der Waals surface area contributed by atoms with Gasteiger partial charge < -0.3 is 5.73 Å². The fourth-order valence-corrected chi connectivity index (χ4v) is 1.95. The Morgan fingerprint density at radius 2 is 2.00 bits per heavy atom. The van der Waals surface area contributed by atoms with Crippen molar-refractivity contribution in [2.45, 2.75) is 0 Å². The number of hydrogen-bond donors (Lipinski definition) is 1. The van der Waals surface area contributed by atoms with E-state index in [4.69, 9.17) is 5.73 Å². The van der Waals surface area contributed by atoms with Gasteiger partial charge in [0, 0.05) is 10.9 Å². The first-order chi connectivity index (χ1) is 9.58. The second-order valence-corrected chi connectivity index (χ2v) is 4.12. The molecule has 0 bridgehead atoms. The van der Waals surface area contributed by atoms with Crippen LogP contribution in [0.15, 0.2) is 36.7 Å². The summed E-state index contributed by atoms with van der Waals surface area (Å²) >= 11 is 0. The Bertz CT molecular complexity index is 834. The van der Waals surface area contributed by atoms with Crippen LogP contribution in [0.25, 0.3) is 22.2 Å². The summed E-state index contributed by atoms with van der Waals surface area (Å²) in [5.41, 5.74) is 5.83.